The SMILES string of the molecule is CNC1CCCN(c2ccc(Br)c(OC)c2)C1=O. The quantitative estimate of drug-likeness (QED) is 0.930. The molecule has 18 heavy (non-hydrogen) atoms. The summed E-state index contributed by atoms with van der Waals surface area (Å²) in [5.41, 5.74) is 0.889. The van der Waals surface area contributed by atoms with Crippen molar-refractivity contribution in [3.8, 4) is 5.75 Å². The van der Waals surface area contributed by atoms with Gasteiger partial charge < -0.3 is 15.0 Å². The summed E-state index contributed by atoms with van der Waals surface area (Å²) in [6, 6.07) is 5.65. The number of rotatable bonds is 3. The number of hydrogen-bond acceptors (Lipinski definition) is 3. The highest BCUT2D eigenvalue weighted by molar-refractivity contribution is 9.10. The van der Waals surface area contributed by atoms with Crippen molar-refractivity contribution in [2.75, 3.05) is 25.6 Å². The zero-order valence-electron chi connectivity index (χ0n) is 10.6. The average Bonchev–Trinajstić information content (AvgIpc) is 2.40. The first-order chi connectivity index (χ1) is 8.67. The van der Waals surface area contributed by atoms with Gasteiger partial charge in [-0.15, -0.1) is 0 Å². The van der Waals surface area contributed by atoms with E-state index >= 15 is 0 Å². The molecule has 2 rings (SSSR count). The molecule has 98 valence electrons. The van der Waals surface area contributed by atoms with Crippen LogP contribution in [0.25, 0.3) is 0 Å². The van der Waals surface area contributed by atoms with Crippen LogP contribution in [0.15, 0.2) is 22.7 Å². The van der Waals surface area contributed by atoms with E-state index in [0.29, 0.717) is 0 Å². The molecular formula is C13H17BrN2O2. The van der Waals surface area contributed by atoms with Crippen molar-refractivity contribution in [1.82, 2.24) is 5.32 Å². The van der Waals surface area contributed by atoms with Crippen LogP contribution in [0.3, 0.4) is 0 Å². The van der Waals surface area contributed by atoms with E-state index in [-0.39, 0.29) is 11.9 Å². The maximum Gasteiger partial charge on any atom is 0.244 e. The second kappa shape index (κ2) is 5.71. The zero-order valence-corrected chi connectivity index (χ0v) is 12.2. The first-order valence-electron chi connectivity index (χ1n) is 5.99. The van der Waals surface area contributed by atoms with Gasteiger partial charge in [-0.05, 0) is 48.0 Å². The Balaban J connectivity index is 2.27. The summed E-state index contributed by atoms with van der Waals surface area (Å²) in [5.74, 6) is 0.875. The Morgan fingerprint density at radius 1 is 1.50 bits per heavy atom. The number of carbonyl (C=O) groups is 1. The van der Waals surface area contributed by atoms with E-state index in [1.807, 2.05) is 30.1 Å². The predicted molar refractivity (Wildman–Crippen MR) is 75.1 cm³/mol. The molecule has 1 N–H and O–H groups in total. The molecule has 1 aromatic rings. The maximum absolute atomic E-state index is 12.3. The van der Waals surface area contributed by atoms with Gasteiger partial charge in [0.25, 0.3) is 0 Å². The minimum absolute atomic E-state index is 0.0756. The van der Waals surface area contributed by atoms with Gasteiger partial charge in [-0.3, -0.25) is 4.79 Å². The molecule has 4 nitrogen and oxygen atoms in total. The van der Waals surface area contributed by atoms with Crippen molar-refractivity contribution >= 4 is 27.5 Å². The molecule has 0 bridgehead atoms. The second-order valence-corrected chi connectivity index (χ2v) is 5.15. The number of amides is 1. The highest BCUT2D eigenvalue weighted by atomic mass is 79.9. The maximum atomic E-state index is 12.3. The summed E-state index contributed by atoms with van der Waals surface area (Å²) in [5, 5.41) is 3.06. The van der Waals surface area contributed by atoms with Crippen LogP contribution >= 0.6 is 15.9 Å². The molecule has 0 aliphatic carbocycles. The van der Waals surface area contributed by atoms with Crippen molar-refractivity contribution < 1.29 is 9.53 Å². The van der Waals surface area contributed by atoms with E-state index in [4.69, 9.17) is 4.74 Å². The van der Waals surface area contributed by atoms with Crippen LogP contribution in [0.4, 0.5) is 5.69 Å². The van der Waals surface area contributed by atoms with Gasteiger partial charge in [-0.25, -0.2) is 0 Å². The van der Waals surface area contributed by atoms with E-state index in [9.17, 15) is 4.79 Å². The fourth-order valence-electron chi connectivity index (χ4n) is 2.22. The van der Waals surface area contributed by atoms with Crippen molar-refractivity contribution in [3.05, 3.63) is 22.7 Å². The Labute approximate surface area is 115 Å². The molecule has 1 fully saturated rings. The number of ether oxygens (including phenoxy) is 1. The standard InChI is InChI=1S/C13H17BrN2O2/c1-15-11-4-3-7-16(13(11)17)9-5-6-10(14)12(8-9)18-2/h5-6,8,11,15H,3-4,7H2,1-2H3. The Hall–Kier alpha value is -1.07. The van der Waals surface area contributed by atoms with Gasteiger partial charge in [0, 0.05) is 18.3 Å². The average molecular weight is 313 g/mol. The van der Waals surface area contributed by atoms with Gasteiger partial charge in [0.1, 0.15) is 5.75 Å². The predicted octanol–water partition coefficient (Wildman–Crippen LogP) is 2.17. The van der Waals surface area contributed by atoms with E-state index in [2.05, 4.69) is 21.2 Å². The lowest BCUT2D eigenvalue weighted by Gasteiger charge is -2.32. The molecule has 0 saturated carbocycles. The zero-order chi connectivity index (χ0) is 13.1. The van der Waals surface area contributed by atoms with Gasteiger partial charge in [0.05, 0.1) is 17.6 Å². The summed E-state index contributed by atoms with van der Waals surface area (Å²) >= 11 is 3.41. The number of benzene rings is 1. The van der Waals surface area contributed by atoms with Gasteiger partial charge in [0.15, 0.2) is 0 Å². The Bertz CT molecular complexity index is 451. The summed E-state index contributed by atoms with van der Waals surface area (Å²) in [6.07, 6.45) is 1.91. The summed E-state index contributed by atoms with van der Waals surface area (Å²) in [6.45, 7) is 0.766. The minimum atomic E-state index is -0.0756. The molecule has 1 aromatic carbocycles. The lowest BCUT2D eigenvalue weighted by molar-refractivity contribution is -0.121. The number of likely N-dealkylation sites (N-methyl/N-ethyl adjacent to an activating group) is 1. The third-order valence-electron chi connectivity index (χ3n) is 3.23. The van der Waals surface area contributed by atoms with E-state index in [1.165, 1.54) is 0 Å². The molecule has 1 unspecified atom stereocenters. The molecule has 1 amide bonds. The van der Waals surface area contributed by atoms with Crippen LogP contribution in [0.2, 0.25) is 0 Å². The van der Waals surface area contributed by atoms with Crippen LogP contribution in [0.5, 0.6) is 5.75 Å². The highest BCUT2D eigenvalue weighted by Gasteiger charge is 2.28. The molecule has 1 aliphatic rings. The number of nitrogens with one attached hydrogen (secondary N) is 1. The molecule has 0 spiro atoms. The van der Waals surface area contributed by atoms with Crippen LogP contribution in [-0.2, 0) is 4.79 Å². The molecule has 1 heterocycles. The highest BCUT2D eigenvalue weighted by Crippen LogP contribution is 2.31. The number of anilines is 1. The van der Waals surface area contributed by atoms with E-state index < -0.39 is 0 Å². The Morgan fingerprint density at radius 2 is 2.28 bits per heavy atom. The molecule has 5 heteroatoms. The molecule has 1 aliphatic heterocycles. The molecule has 0 aromatic heterocycles. The van der Waals surface area contributed by atoms with Gasteiger partial charge in [-0.2, -0.15) is 0 Å². The topological polar surface area (TPSA) is 41.6 Å². The summed E-state index contributed by atoms with van der Waals surface area (Å²) in [4.78, 5) is 14.1. The normalized spacial score (nSPS) is 20.1. The largest absolute Gasteiger partial charge is 0.495 e. The fourth-order valence-corrected chi connectivity index (χ4v) is 2.62. The third-order valence-corrected chi connectivity index (χ3v) is 3.89. The number of nitrogens with zero attached hydrogens (tertiary/aromatic N) is 1. The minimum Gasteiger partial charge on any atom is -0.495 e. The van der Waals surface area contributed by atoms with Crippen LogP contribution in [-0.4, -0.2) is 32.7 Å². The molecular weight excluding hydrogens is 296 g/mol. The number of piperidine rings is 1. The first kappa shape index (κ1) is 13.4. The van der Waals surface area contributed by atoms with Crippen LogP contribution in [0.1, 0.15) is 12.8 Å². The van der Waals surface area contributed by atoms with Gasteiger partial charge in [-0.1, -0.05) is 0 Å². The molecule has 0 radical (unpaired) electrons. The summed E-state index contributed by atoms with van der Waals surface area (Å²) < 4.78 is 6.16. The first-order valence-corrected chi connectivity index (χ1v) is 6.79. The Morgan fingerprint density at radius 3 is 2.94 bits per heavy atom. The monoisotopic (exact) mass is 312 g/mol. The van der Waals surface area contributed by atoms with Crippen molar-refractivity contribution in [2.24, 2.45) is 0 Å². The number of methoxy groups -OCH3 is 1. The van der Waals surface area contributed by atoms with Crippen LogP contribution in [0, 0.1) is 0 Å². The van der Waals surface area contributed by atoms with Crippen molar-refractivity contribution in [1.29, 1.82) is 0 Å². The smallest absolute Gasteiger partial charge is 0.244 e. The Kier molecular flexibility index (Phi) is 4.24. The van der Waals surface area contributed by atoms with Crippen molar-refractivity contribution in [2.45, 2.75) is 18.9 Å². The summed E-state index contributed by atoms with van der Waals surface area (Å²) in [7, 11) is 3.45. The number of hydrogen-bond donors (Lipinski definition) is 1. The number of halogens is 1. The molecule has 1 atom stereocenters. The second-order valence-electron chi connectivity index (χ2n) is 4.29. The fraction of sp³-hybridized carbons (Fsp3) is 0.462. The van der Waals surface area contributed by atoms with E-state index in [1.54, 1.807) is 7.11 Å². The third kappa shape index (κ3) is 2.52. The van der Waals surface area contributed by atoms with E-state index in [0.717, 1.165) is 35.3 Å². The number of carbonyl (C=O) groups excluding carboxylic acids is 1. The van der Waals surface area contributed by atoms with Gasteiger partial charge in [0.2, 0.25) is 5.91 Å². The van der Waals surface area contributed by atoms with Crippen LogP contribution < -0.4 is 15.0 Å². The lowest BCUT2D eigenvalue weighted by atomic mass is 10.0. The lowest BCUT2D eigenvalue weighted by Crippen LogP contribution is -2.49. The van der Waals surface area contributed by atoms with Gasteiger partial charge >= 0.3 is 0 Å². The van der Waals surface area contributed by atoms with Crippen molar-refractivity contribution in [3.63, 3.8) is 0 Å². The molecule has 1 saturated heterocycles.